The van der Waals surface area contributed by atoms with Gasteiger partial charge in [0.2, 0.25) is 0 Å². The van der Waals surface area contributed by atoms with Gasteiger partial charge in [0.05, 0.1) is 16.1 Å². The summed E-state index contributed by atoms with van der Waals surface area (Å²) in [6.07, 6.45) is 0. The molecule has 0 aliphatic carbocycles. The van der Waals surface area contributed by atoms with Gasteiger partial charge in [0.25, 0.3) is 15.9 Å². The van der Waals surface area contributed by atoms with Crippen molar-refractivity contribution < 1.29 is 27.5 Å². The van der Waals surface area contributed by atoms with E-state index in [4.69, 9.17) is 4.74 Å². The number of hydrogen-bond acceptors (Lipinski definition) is 6. The number of carbonyl (C=O) groups is 3. The normalized spacial score (nSPS) is 10.7. The third-order valence-electron chi connectivity index (χ3n) is 4.75. The number of sulfonamides is 1. The van der Waals surface area contributed by atoms with Crippen molar-refractivity contribution >= 4 is 33.6 Å². The zero-order chi connectivity index (χ0) is 24.6. The van der Waals surface area contributed by atoms with Crippen LogP contribution in [0.2, 0.25) is 0 Å². The number of imide groups is 1. The van der Waals surface area contributed by atoms with Crippen molar-refractivity contribution in [1.82, 2.24) is 10.6 Å². The molecule has 0 saturated heterocycles. The highest BCUT2D eigenvalue weighted by molar-refractivity contribution is 7.92. The van der Waals surface area contributed by atoms with Crippen LogP contribution in [0.25, 0.3) is 0 Å². The molecule has 0 unspecified atom stereocenters. The first-order valence-corrected chi connectivity index (χ1v) is 11.6. The van der Waals surface area contributed by atoms with Crippen molar-refractivity contribution in [3.63, 3.8) is 0 Å². The summed E-state index contributed by atoms with van der Waals surface area (Å²) in [7, 11) is -2.39. The summed E-state index contributed by atoms with van der Waals surface area (Å²) in [4.78, 5) is 35.8. The Balaban J connectivity index is 1.50. The van der Waals surface area contributed by atoms with Crippen molar-refractivity contribution in [3.8, 4) is 0 Å². The van der Waals surface area contributed by atoms with Crippen LogP contribution in [-0.2, 0) is 26.1 Å². The minimum absolute atomic E-state index is 0.0109. The quantitative estimate of drug-likeness (QED) is 0.477. The van der Waals surface area contributed by atoms with Crippen LogP contribution in [0.5, 0.6) is 0 Å². The van der Waals surface area contributed by atoms with Gasteiger partial charge in [0.1, 0.15) is 0 Å². The first-order chi connectivity index (χ1) is 16.3. The SMILES string of the molecule is CN(c1ccccc1)S(=O)(=O)c1ccc(C(=O)OCC(=O)NC(=O)NCc2ccccc2)cc1. The molecule has 3 rings (SSSR count). The molecule has 0 aliphatic rings. The summed E-state index contributed by atoms with van der Waals surface area (Å²) in [5.74, 6) is -1.64. The topological polar surface area (TPSA) is 122 Å². The Morgan fingerprint density at radius 3 is 2.06 bits per heavy atom. The lowest BCUT2D eigenvalue weighted by Gasteiger charge is -2.19. The zero-order valence-electron chi connectivity index (χ0n) is 18.3. The van der Waals surface area contributed by atoms with E-state index in [-0.39, 0.29) is 17.0 Å². The van der Waals surface area contributed by atoms with Gasteiger partial charge in [-0.1, -0.05) is 48.5 Å². The van der Waals surface area contributed by atoms with Crippen LogP contribution in [0.15, 0.2) is 89.8 Å². The maximum Gasteiger partial charge on any atom is 0.338 e. The fraction of sp³-hybridized carbons (Fsp3) is 0.125. The Bertz CT molecular complexity index is 1250. The highest BCUT2D eigenvalue weighted by Crippen LogP contribution is 2.22. The standard InChI is InChI=1S/C24H23N3O6S/c1-27(20-10-6-3-7-11-20)34(31,32)21-14-12-19(13-15-21)23(29)33-17-22(28)26-24(30)25-16-18-8-4-2-5-9-18/h2-15H,16-17H2,1H3,(H2,25,26,28,30). The van der Waals surface area contributed by atoms with Crippen molar-refractivity contribution in [1.29, 1.82) is 0 Å². The second-order valence-corrected chi connectivity index (χ2v) is 9.09. The van der Waals surface area contributed by atoms with Crippen molar-refractivity contribution in [3.05, 3.63) is 96.1 Å². The molecule has 3 aromatic rings. The lowest BCUT2D eigenvalue weighted by atomic mass is 10.2. The molecule has 0 saturated carbocycles. The number of nitrogens with zero attached hydrogens (tertiary/aromatic N) is 1. The second-order valence-electron chi connectivity index (χ2n) is 7.13. The maximum absolute atomic E-state index is 12.8. The number of para-hydroxylation sites is 1. The predicted molar refractivity (Wildman–Crippen MR) is 126 cm³/mol. The number of rotatable bonds is 8. The molecule has 0 aromatic heterocycles. The van der Waals surface area contributed by atoms with Gasteiger partial charge in [0, 0.05) is 13.6 Å². The number of esters is 1. The van der Waals surface area contributed by atoms with Gasteiger partial charge in [-0.3, -0.25) is 14.4 Å². The Morgan fingerprint density at radius 2 is 1.44 bits per heavy atom. The molecule has 0 radical (unpaired) electrons. The predicted octanol–water partition coefficient (Wildman–Crippen LogP) is 2.69. The number of benzene rings is 3. The Hall–Kier alpha value is -4.18. The van der Waals surface area contributed by atoms with E-state index < -0.39 is 34.5 Å². The molecule has 0 fully saturated rings. The van der Waals surface area contributed by atoms with E-state index in [0.717, 1.165) is 9.87 Å². The van der Waals surface area contributed by atoms with Crippen LogP contribution < -0.4 is 14.9 Å². The van der Waals surface area contributed by atoms with Gasteiger partial charge in [-0.25, -0.2) is 18.0 Å². The number of carbonyl (C=O) groups excluding carboxylic acids is 3. The van der Waals surface area contributed by atoms with Crippen molar-refractivity contribution in [2.75, 3.05) is 18.0 Å². The van der Waals surface area contributed by atoms with Gasteiger partial charge >= 0.3 is 12.0 Å². The van der Waals surface area contributed by atoms with E-state index in [9.17, 15) is 22.8 Å². The molecular formula is C24H23N3O6S. The number of amides is 3. The summed E-state index contributed by atoms with van der Waals surface area (Å²) in [6, 6.07) is 22.1. The van der Waals surface area contributed by atoms with Crippen molar-refractivity contribution in [2.24, 2.45) is 0 Å². The van der Waals surface area contributed by atoms with E-state index in [1.807, 2.05) is 30.3 Å². The Labute approximate surface area is 197 Å². The third kappa shape index (κ3) is 6.42. The van der Waals surface area contributed by atoms with E-state index in [2.05, 4.69) is 10.6 Å². The van der Waals surface area contributed by atoms with Gasteiger partial charge in [-0.05, 0) is 42.0 Å². The molecule has 0 bridgehead atoms. The van der Waals surface area contributed by atoms with Crippen LogP contribution in [0, 0.1) is 0 Å². The van der Waals surface area contributed by atoms with Gasteiger partial charge in [-0.15, -0.1) is 0 Å². The molecule has 9 nitrogen and oxygen atoms in total. The number of anilines is 1. The van der Waals surface area contributed by atoms with Crippen LogP contribution in [0.4, 0.5) is 10.5 Å². The summed E-state index contributed by atoms with van der Waals surface area (Å²) in [5.41, 5.74) is 1.41. The second kappa shape index (κ2) is 11.1. The van der Waals surface area contributed by atoms with Crippen LogP contribution in [-0.4, -0.2) is 40.0 Å². The number of urea groups is 1. The molecule has 0 atom stereocenters. The monoisotopic (exact) mass is 481 g/mol. The molecule has 34 heavy (non-hydrogen) atoms. The van der Waals surface area contributed by atoms with E-state index in [0.29, 0.717) is 5.69 Å². The Kier molecular flexibility index (Phi) is 7.99. The molecular weight excluding hydrogens is 458 g/mol. The smallest absolute Gasteiger partial charge is 0.338 e. The summed E-state index contributed by atoms with van der Waals surface area (Å²) < 4.78 is 31.6. The molecule has 0 aliphatic heterocycles. The molecule has 10 heteroatoms. The fourth-order valence-electron chi connectivity index (χ4n) is 2.90. The molecule has 3 aromatic carbocycles. The zero-order valence-corrected chi connectivity index (χ0v) is 19.1. The average molecular weight is 482 g/mol. The molecule has 3 amide bonds. The van der Waals surface area contributed by atoms with Crippen LogP contribution in [0.3, 0.4) is 0 Å². The van der Waals surface area contributed by atoms with E-state index >= 15 is 0 Å². The van der Waals surface area contributed by atoms with Gasteiger partial charge in [-0.2, -0.15) is 0 Å². The molecule has 0 spiro atoms. The Morgan fingerprint density at radius 1 is 0.853 bits per heavy atom. The average Bonchev–Trinajstić information content (AvgIpc) is 2.86. The first-order valence-electron chi connectivity index (χ1n) is 10.2. The number of hydrogen-bond donors (Lipinski definition) is 2. The largest absolute Gasteiger partial charge is 0.452 e. The van der Waals surface area contributed by atoms with E-state index in [1.165, 1.54) is 31.3 Å². The van der Waals surface area contributed by atoms with Crippen LogP contribution >= 0.6 is 0 Å². The van der Waals surface area contributed by atoms with E-state index in [1.54, 1.807) is 30.3 Å². The molecule has 2 N–H and O–H groups in total. The van der Waals surface area contributed by atoms with Crippen molar-refractivity contribution in [2.45, 2.75) is 11.4 Å². The third-order valence-corrected chi connectivity index (χ3v) is 6.55. The summed E-state index contributed by atoms with van der Waals surface area (Å²) in [6.45, 7) is -0.442. The highest BCUT2D eigenvalue weighted by Gasteiger charge is 2.22. The maximum atomic E-state index is 12.8. The minimum Gasteiger partial charge on any atom is -0.452 e. The van der Waals surface area contributed by atoms with Crippen LogP contribution in [0.1, 0.15) is 15.9 Å². The number of ether oxygens (including phenoxy) is 1. The molecule has 176 valence electrons. The minimum atomic E-state index is -3.83. The summed E-state index contributed by atoms with van der Waals surface area (Å²) >= 11 is 0. The lowest BCUT2D eigenvalue weighted by molar-refractivity contribution is -0.123. The number of nitrogens with one attached hydrogen (secondary N) is 2. The summed E-state index contributed by atoms with van der Waals surface area (Å²) in [5, 5.41) is 4.58. The lowest BCUT2D eigenvalue weighted by Crippen LogP contribution is -2.41. The first kappa shape index (κ1) is 24.5. The fourth-order valence-corrected chi connectivity index (χ4v) is 4.09. The van der Waals surface area contributed by atoms with Gasteiger partial charge < -0.3 is 10.1 Å². The van der Waals surface area contributed by atoms with Gasteiger partial charge in [0.15, 0.2) is 6.61 Å². The molecule has 0 heterocycles. The highest BCUT2D eigenvalue weighted by atomic mass is 32.2.